The zero-order valence-electron chi connectivity index (χ0n) is 18.7. The molecule has 1 N–H and O–H groups in total. The monoisotopic (exact) mass is 477 g/mol. The van der Waals surface area contributed by atoms with Gasteiger partial charge in [-0.25, -0.2) is 4.79 Å². The Labute approximate surface area is 197 Å². The van der Waals surface area contributed by atoms with E-state index in [0.29, 0.717) is 39.6 Å². The van der Waals surface area contributed by atoms with Gasteiger partial charge >= 0.3 is 11.9 Å². The van der Waals surface area contributed by atoms with E-state index in [1.54, 1.807) is 36.9 Å². The molecular formula is C24H28ClNO5S. The number of carbonyl (C=O) groups excluding carboxylic acids is 3. The van der Waals surface area contributed by atoms with E-state index in [-0.39, 0.29) is 18.3 Å². The van der Waals surface area contributed by atoms with E-state index in [9.17, 15) is 14.4 Å². The van der Waals surface area contributed by atoms with Gasteiger partial charge in [0.15, 0.2) is 5.78 Å². The summed E-state index contributed by atoms with van der Waals surface area (Å²) < 4.78 is 10.5. The number of allylic oxidation sites excluding steroid dienone is 3. The average Bonchev–Trinajstić information content (AvgIpc) is 2.75. The largest absolute Gasteiger partial charge is 0.468 e. The molecule has 1 aromatic carbocycles. The van der Waals surface area contributed by atoms with Crippen molar-refractivity contribution in [1.82, 2.24) is 5.32 Å². The summed E-state index contributed by atoms with van der Waals surface area (Å²) in [4.78, 5) is 39.2. The Bertz CT molecular complexity index is 986. The second-order valence-electron chi connectivity index (χ2n) is 7.92. The summed E-state index contributed by atoms with van der Waals surface area (Å²) in [6, 6.07) is 7.09. The highest BCUT2D eigenvalue weighted by Crippen LogP contribution is 2.45. The number of hydrogen-bond acceptors (Lipinski definition) is 7. The molecule has 6 nitrogen and oxygen atoms in total. The predicted octanol–water partition coefficient (Wildman–Crippen LogP) is 4.25. The number of methoxy groups -OCH3 is 1. The molecule has 172 valence electrons. The number of halogens is 1. The van der Waals surface area contributed by atoms with Crippen molar-refractivity contribution in [3.8, 4) is 0 Å². The smallest absolute Gasteiger partial charge is 0.336 e. The van der Waals surface area contributed by atoms with Gasteiger partial charge in [-0.15, -0.1) is 0 Å². The Morgan fingerprint density at radius 3 is 2.72 bits per heavy atom. The van der Waals surface area contributed by atoms with Crippen molar-refractivity contribution in [2.75, 3.05) is 25.2 Å². The molecular weight excluding hydrogens is 450 g/mol. The van der Waals surface area contributed by atoms with Crippen LogP contribution in [-0.4, -0.2) is 42.9 Å². The van der Waals surface area contributed by atoms with Crippen molar-refractivity contribution >= 4 is 41.1 Å². The van der Waals surface area contributed by atoms with E-state index in [1.165, 1.54) is 7.11 Å². The molecule has 2 aliphatic rings. The molecule has 3 atom stereocenters. The number of benzene rings is 1. The van der Waals surface area contributed by atoms with Crippen LogP contribution in [0.25, 0.3) is 0 Å². The summed E-state index contributed by atoms with van der Waals surface area (Å²) in [5.41, 5.74) is 2.83. The number of ketones is 1. The highest BCUT2D eigenvalue weighted by Gasteiger charge is 2.47. The number of rotatable bonds is 7. The Morgan fingerprint density at radius 2 is 2.06 bits per heavy atom. The molecule has 3 rings (SSSR count). The third kappa shape index (κ3) is 4.89. The summed E-state index contributed by atoms with van der Waals surface area (Å²) in [7, 11) is 1.28. The Hall–Kier alpha value is -2.25. The maximum Gasteiger partial charge on any atom is 0.336 e. The molecule has 0 unspecified atom stereocenters. The summed E-state index contributed by atoms with van der Waals surface area (Å²) >= 11 is 7.94. The van der Waals surface area contributed by atoms with Gasteiger partial charge in [0.25, 0.3) is 0 Å². The molecule has 0 saturated heterocycles. The van der Waals surface area contributed by atoms with E-state index in [4.69, 9.17) is 21.1 Å². The lowest BCUT2D eigenvalue weighted by Crippen LogP contribution is -2.43. The van der Waals surface area contributed by atoms with E-state index in [1.807, 2.05) is 19.9 Å². The minimum atomic E-state index is -0.918. The first-order valence-electron chi connectivity index (χ1n) is 10.6. The van der Waals surface area contributed by atoms with Gasteiger partial charge in [-0.05, 0) is 42.7 Å². The lowest BCUT2D eigenvalue weighted by atomic mass is 9.69. The van der Waals surface area contributed by atoms with Gasteiger partial charge in [-0.3, -0.25) is 9.59 Å². The standard InChI is InChI=1S/C24H28ClNO5S/c1-5-32-10-9-31-24(29)19-14(3)26-17-11-13(2)18(23(28)30-4)22(27)21(17)20(19)15-7-6-8-16(25)12-15/h6-8,12-13,18,20,26H,5,9-11H2,1-4H3/t13-,18+,20+/m0/s1. The van der Waals surface area contributed by atoms with Crippen LogP contribution in [0.5, 0.6) is 0 Å². The highest BCUT2D eigenvalue weighted by atomic mass is 35.5. The van der Waals surface area contributed by atoms with Gasteiger partial charge in [0, 0.05) is 33.7 Å². The molecule has 0 bridgehead atoms. The van der Waals surface area contributed by atoms with E-state index in [0.717, 1.165) is 11.4 Å². The summed E-state index contributed by atoms with van der Waals surface area (Å²) in [5, 5.41) is 3.75. The van der Waals surface area contributed by atoms with Crippen molar-refractivity contribution < 1.29 is 23.9 Å². The highest BCUT2D eigenvalue weighted by molar-refractivity contribution is 7.99. The lowest BCUT2D eigenvalue weighted by Gasteiger charge is -2.38. The zero-order valence-corrected chi connectivity index (χ0v) is 20.3. The molecule has 0 amide bonds. The van der Waals surface area contributed by atoms with Gasteiger partial charge in [0.2, 0.25) is 0 Å². The molecule has 1 aromatic rings. The Balaban J connectivity index is 2.07. The topological polar surface area (TPSA) is 81.7 Å². The molecule has 32 heavy (non-hydrogen) atoms. The van der Waals surface area contributed by atoms with Crippen LogP contribution in [0, 0.1) is 11.8 Å². The fourth-order valence-corrected chi connectivity index (χ4v) is 5.07. The van der Waals surface area contributed by atoms with Crippen LogP contribution in [0.3, 0.4) is 0 Å². The SMILES string of the molecule is CCSCCOC(=O)C1=C(C)NC2=C(C(=O)[C@H](C(=O)OC)[C@@H](C)C2)[C@@H]1c1cccc(Cl)c1. The molecule has 0 aromatic heterocycles. The van der Waals surface area contributed by atoms with Crippen molar-refractivity contribution in [3.05, 3.63) is 57.4 Å². The first-order chi connectivity index (χ1) is 15.3. The van der Waals surface area contributed by atoms with Gasteiger partial charge in [0.05, 0.1) is 12.7 Å². The number of ether oxygens (including phenoxy) is 2. The van der Waals surface area contributed by atoms with Crippen LogP contribution in [0.15, 0.2) is 46.8 Å². The lowest BCUT2D eigenvalue weighted by molar-refractivity contribution is -0.151. The Kier molecular flexibility index (Phi) is 8.06. The number of nitrogens with one attached hydrogen (secondary N) is 1. The molecule has 1 heterocycles. The third-order valence-electron chi connectivity index (χ3n) is 5.81. The molecule has 1 aliphatic heterocycles. The number of carbonyl (C=O) groups is 3. The molecule has 0 radical (unpaired) electrons. The minimum absolute atomic E-state index is 0.228. The fourth-order valence-electron chi connectivity index (χ4n) is 4.39. The summed E-state index contributed by atoms with van der Waals surface area (Å²) in [6.45, 7) is 5.98. The van der Waals surface area contributed by atoms with Crippen LogP contribution in [0.1, 0.15) is 38.7 Å². The van der Waals surface area contributed by atoms with E-state index < -0.39 is 23.8 Å². The number of thioether (sulfide) groups is 1. The van der Waals surface area contributed by atoms with Crippen LogP contribution in [0.4, 0.5) is 0 Å². The first-order valence-corrected chi connectivity index (χ1v) is 12.2. The van der Waals surface area contributed by atoms with Crippen molar-refractivity contribution in [3.63, 3.8) is 0 Å². The molecule has 0 fully saturated rings. The van der Waals surface area contributed by atoms with Crippen LogP contribution >= 0.6 is 23.4 Å². The van der Waals surface area contributed by atoms with E-state index in [2.05, 4.69) is 5.32 Å². The maximum atomic E-state index is 13.6. The van der Waals surface area contributed by atoms with Crippen LogP contribution < -0.4 is 5.32 Å². The predicted molar refractivity (Wildman–Crippen MR) is 125 cm³/mol. The van der Waals surface area contributed by atoms with Crippen molar-refractivity contribution in [2.45, 2.75) is 33.1 Å². The molecule has 8 heteroatoms. The van der Waals surface area contributed by atoms with Gasteiger partial charge in [-0.1, -0.05) is 37.6 Å². The van der Waals surface area contributed by atoms with Crippen molar-refractivity contribution in [2.24, 2.45) is 11.8 Å². The minimum Gasteiger partial charge on any atom is -0.468 e. The molecule has 0 spiro atoms. The summed E-state index contributed by atoms with van der Waals surface area (Å²) in [6.07, 6.45) is 0.491. The quantitative estimate of drug-likeness (QED) is 0.357. The Morgan fingerprint density at radius 1 is 1.31 bits per heavy atom. The van der Waals surface area contributed by atoms with Gasteiger partial charge in [-0.2, -0.15) is 11.8 Å². The number of dihydropyridines is 1. The second kappa shape index (κ2) is 10.6. The molecule has 0 saturated carbocycles. The normalized spacial score (nSPS) is 22.9. The first kappa shape index (κ1) is 24.4. The van der Waals surface area contributed by atoms with Gasteiger partial charge < -0.3 is 14.8 Å². The third-order valence-corrected chi connectivity index (χ3v) is 6.91. The van der Waals surface area contributed by atoms with Crippen LogP contribution in [0.2, 0.25) is 5.02 Å². The maximum absolute atomic E-state index is 13.6. The average molecular weight is 478 g/mol. The summed E-state index contributed by atoms with van der Waals surface area (Å²) in [5.74, 6) is -1.57. The van der Waals surface area contributed by atoms with Crippen LogP contribution in [-0.2, 0) is 23.9 Å². The zero-order chi connectivity index (χ0) is 23.4. The fraction of sp³-hybridized carbons (Fsp3) is 0.458. The number of hydrogen-bond donors (Lipinski definition) is 1. The van der Waals surface area contributed by atoms with E-state index >= 15 is 0 Å². The van der Waals surface area contributed by atoms with Crippen molar-refractivity contribution in [1.29, 1.82) is 0 Å². The molecule has 1 aliphatic carbocycles. The second-order valence-corrected chi connectivity index (χ2v) is 9.75. The number of esters is 2. The number of Topliss-reactive ketones (excluding diaryl/α,β-unsaturated/α-hetero) is 1. The van der Waals surface area contributed by atoms with Gasteiger partial charge in [0.1, 0.15) is 12.5 Å².